The Kier molecular flexibility index (Phi) is 4.49. The van der Waals surface area contributed by atoms with Gasteiger partial charge in [0.05, 0.1) is 0 Å². The number of nitrogens with one attached hydrogen (secondary N) is 2. The summed E-state index contributed by atoms with van der Waals surface area (Å²) in [5.74, 6) is 0. The zero-order valence-electron chi connectivity index (χ0n) is 18.5. The molecule has 0 unspecified atom stereocenters. The number of hydrogen-bond donors (Lipinski definition) is 2. The van der Waals surface area contributed by atoms with E-state index < -0.39 is 0 Å². The molecule has 29 heavy (non-hydrogen) atoms. The summed E-state index contributed by atoms with van der Waals surface area (Å²) in [6, 6.07) is 11.5. The van der Waals surface area contributed by atoms with Crippen molar-refractivity contribution in [2.24, 2.45) is 5.41 Å². The van der Waals surface area contributed by atoms with Gasteiger partial charge in [0.25, 0.3) is 0 Å². The van der Waals surface area contributed by atoms with Crippen molar-refractivity contribution in [1.82, 2.24) is 9.97 Å². The highest BCUT2D eigenvalue weighted by atomic mass is 14.7. The number of fused-ring (bicyclic) bond motifs is 4. The van der Waals surface area contributed by atoms with Crippen LogP contribution in [0.5, 0.6) is 0 Å². The van der Waals surface area contributed by atoms with Crippen LogP contribution in [-0.2, 0) is 5.41 Å². The van der Waals surface area contributed by atoms with E-state index >= 15 is 0 Å². The SMILES string of the molecule is C=Cc1[nH]c2cc3c(cc2c1/C=C\C)[nH]c1cc(C(C)(C)C(C)(C)CC)ccc13. The minimum absolute atomic E-state index is 0.0945. The first-order valence-corrected chi connectivity index (χ1v) is 10.6. The Morgan fingerprint density at radius 2 is 1.55 bits per heavy atom. The Hall–Kier alpha value is -2.74. The van der Waals surface area contributed by atoms with Crippen molar-refractivity contribution < 1.29 is 0 Å². The van der Waals surface area contributed by atoms with E-state index in [-0.39, 0.29) is 10.8 Å². The molecule has 0 aliphatic carbocycles. The van der Waals surface area contributed by atoms with Crippen molar-refractivity contribution in [2.75, 3.05) is 0 Å². The number of benzene rings is 2. The van der Waals surface area contributed by atoms with E-state index in [2.05, 4.69) is 93.6 Å². The molecule has 0 saturated carbocycles. The molecule has 4 aromatic rings. The minimum atomic E-state index is 0.0945. The summed E-state index contributed by atoms with van der Waals surface area (Å²) in [6.45, 7) is 17.8. The fourth-order valence-corrected chi connectivity index (χ4v) is 4.37. The van der Waals surface area contributed by atoms with Crippen molar-refractivity contribution in [3.8, 4) is 0 Å². The van der Waals surface area contributed by atoms with Gasteiger partial charge in [-0.3, -0.25) is 0 Å². The maximum absolute atomic E-state index is 3.96. The number of rotatable bonds is 5. The molecule has 0 fully saturated rings. The molecule has 2 aromatic heterocycles. The van der Waals surface area contributed by atoms with E-state index in [1.54, 1.807) is 0 Å². The molecule has 0 aliphatic heterocycles. The Bertz CT molecular complexity index is 1260. The second-order valence-electron chi connectivity index (χ2n) is 9.35. The van der Waals surface area contributed by atoms with Gasteiger partial charge in [-0.15, -0.1) is 0 Å². The summed E-state index contributed by atoms with van der Waals surface area (Å²) in [6.07, 6.45) is 7.27. The van der Waals surface area contributed by atoms with Crippen LogP contribution in [-0.4, -0.2) is 9.97 Å². The van der Waals surface area contributed by atoms with Crippen LogP contribution in [0.25, 0.3) is 44.9 Å². The van der Waals surface area contributed by atoms with Gasteiger partial charge in [-0.25, -0.2) is 0 Å². The van der Waals surface area contributed by atoms with Crippen LogP contribution in [0.3, 0.4) is 0 Å². The first-order chi connectivity index (χ1) is 13.7. The molecule has 0 radical (unpaired) electrons. The highest BCUT2D eigenvalue weighted by Crippen LogP contribution is 2.44. The smallest absolute Gasteiger partial charge is 0.0472 e. The second-order valence-corrected chi connectivity index (χ2v) is 9.35. The van der Waals surface area contributed by atoms with Crippen LogP contribution in [0.15, 0.2) is 43.0 Å². The van der Waals surface area contributed by atoms with E-state index in [1.165, 1.54) is 38.3 Å². The highest BCUT2D eigenvalue weighted by molar-refractivity contribution is 6.13. The Balaban J connectivity index is 1.95. The first-order valence-electron chi connectivity index (χ1n) is 10.6. The van der Waals surface area contributed by atoms with Crippen LogP contribution < -0.4 is 0 Å². The molecular formula is C27H32N2. The van der Waals surface area contributed by atoms with Gasteiger partial charge in [0.15, 0.2) is 0 Å². The van der Waals surface area contributed by atoms with Gasteiger partial charge in [0.1, 0.15) is 0 Å². The van der Waals surface area contributed by atoms with E-state index in [9.17, 15) is 0 Å². The lowest BCUT2D eigenvalue weighted by molar-refractivity contribution is 0.189. The summed E-state index contributed by atoms with van der Waals surface area (Å²) < 4.78 is 0. The van der Waals surface area contributed by atoms with Crippen molar-refractivity contribution in [1.29, 1.82) is 0 Å². The predicted molar refractivity (Wildman–Crippen MR) is 130 cm³/mol. The summed E-state index contributed by atoms with van der Waals surface area (Å²) in [7, 11) is 0. The quantitative estimate of drug-likeness (QED) is 0.347. The van der Waals surface area contributed by atoms with E-state index in [0.717, 1.165) is 17.6 Å². The molecule has 2 nitrogen and oxygen atoms in total. The van der Waals surface area contributed by atoms with Gasteiger partial charge in [-0.1, -0.05) is 71.9 Å². The molecule has 0 spiro atoms. The lowest BCUT2D eigenvalue weighted by Gasteiger charge is -2.42. The Morgan fingerprint density at radius 3 is 2.21 bits per heavy atom. The Morgan fingerprint density at radius 1 is 0.897 bits per heavy atom. The maximum atomic E-state index is 3.96. The maximum Gasteiger partial charge on any atom is 0.0472 e. The van der Waals surface area contributed by atoms with Crippen molar-refractivity contribution >= 4 is 44.9 Å². The van der Waals surface area contributed by atoms with Crippen LogP contribution in [0.4, 0.5) is 0 Å². The second kappa shape index (κ2) is 6.66. The van der Waals surface area contributed by atoms with Gasteiger partial charge < -0.3 is 9.97 Å². The molecule has 2 heteroatoms. The summed E-state index contributed by atoms with van der Waals surface area (Å²) in [5, 5.41) is 3.76. The first kappa shape index (κ1) is 19.6. The van der Waals surface area contributed by atoms with Crippen LogP contribution in [0.1, 0.15) is 64.8 Å². The fraction of sp³-hybridized carbons (Fsp3) is 0.333. The number of aromatic amines is 2. The topological polar surface area (TPSA) is 31.6 Å². The molecular weight excluding hydrogens is 352 g/mol. The minimum Gasteiger partial charge on any atom is -0.355 e. The molecule has 2 aromatic carbocycles. The van der Waals surface area contributed by atoms with Gasteiger partial charge in [-0.05, 0) is 47.6 Å². The van der Waals surface area contributed by atoms with Crippen LogP contribution in [0, 0.1) is 5.41 Å². The molecule has 2 heterocycles. The normalized spacial score (nSPS) is 13.3. The molecule has 0 atom stereocenters. The number of hydrogen-bond acceptors (Lipinski definition) is 0. The van der Waals surface area contributed by atoms with Crippen molar-refractivity contribution in [3.63, 3.8) is 0 Å². The summed E-state index contributed by atoms with van der Waals surface area (Å²) in [5.41, 5.74) is 7.52. The van der Waals surface area contributed by atoms with Gasteiger partial charge in [-0.2, -0.15) is 0 Å². The predicted octanol–water partition coefficient (Wildman–Crippen LogP) is 8.19. The van der Waals surface area contributed by atoms with E-state index in [4.69, 9.17) is 0 Å². The molecule has 0 bridgehead atoms. The lowest BCUT2D eigenvalue weighted by Crippen LogP contribution is -2.35. The Labute approximate surface area is 173 Å². The monoisotopic (exact) mass is 384 g/mol. The molecule has 4 rings (SSSR count). The number of aromatic nitrogens is 2. The number of H-pyrrole nitrogens is 2. The molecule has 0 aliphatic rings. The van der Waals surface area contributed by atoms with Crippen LogP contribution >= 0.6 is 0 Å². The largest absolute Gasteiger partial charge is 0.355 e. The summed E-state index contributed by atoms with van der Waals surface area (Å²) >= 11 is 0. The third-order valence-electron chi connectivity index (χ3n) is 7.42. The van der Waals surface area contributed by atoms with E-state index in [1.807, 2.05) is 13.0 Å². The molecule has 150 valence electrons. The van der Waals surface area contributed by atoms with Gasteiger partial charge in [0.2, 0.25) is 0 Å². The average molecular weight is 385 g/mol. The average Bonchev–Trinajstić information content (AvgIpc) is 3.23. The molecule has 2 N–H and O–H groups in total. The molecule has 0 amide bonds. The van der Waals surface area contributed by atoms with Gasteiger partial charge in [0, 0.05) is 44.0 Å². The highest BCUT2D eigenvalue weighted by Gasteiger charge is 2.37. The van der Waals surface area contributed by atoms with Gasteiger partial charge >= 0.3 is 0 Å². The fourth-order valence-electron chi connectivity index (χ4n) is 4.37. The summed E-state index contributed by atoms with van der Waals surface area (Å²) in [4.78, 5) is 7.21. The third kappa shape index (κ3) is 2.85. The van der Waals surface area contributed by atoms with E-state index in [0.29, 0.717) is 0 Å². The number of allylic oxidation sites excluding steroid dienone is 1. The zero-order valence-corrected chi connectivity index (χ0v) is 18.5. The van der Waals surface area contributed by atoms with Crippen molar-refractivity contribution in [2.45, 2.75) is 53.4 Å². The lowest BCUT2D eigenvalue weighted by atomic mass is 9.63. The third-order valence-corrected chi connectivity index (χ3v) is 7.42. The van der Waals surface area contributed by atoms with Crippen LogP contribution in [0.2, 0.25) is 0 Å². The van der Waals surface area contributed by atoms with Crippen molar-refractivity contribution in [3.05, 3.63) is 59.8 Å². The standard InChI is InChI=1S/C27H32N2/c1-8-11-18-20-15-25-21(16-24(20)28-22(18)9-2)19-13-12-17(14-23(19)29-25)27(6,7)26(4,5)10-3/h8-9,11-16,28-29H,2,10H2,1,3-7H3/b11-8-. The zero-order chi connectivity index (χ0) is 21.0. The molecule has 0 saturated heterocycles.